The molecule has 9 heteroatoms. The third kappa shape index (κ3) is 3.20. The fourth-order valence-corrected chi connectivity index (χ4v) is 1.52. The minimum Gasteiger partial charge on any atom is -0.459 e. The Balaban J connectivity index is 1.82. The Morgan fingerprint density at radius 2 is 2.10 bits per heavy atom. The van der Waals surface area contributed by atoms with Crippen molar-refractivity contribution in [1.29, 1.82) is 0 Å². The number of hydrogen-bond donors (Lipinski definition) is 3. The van der Waals surface area contributed by atoms with E-state index in [4.69, 9.17) is 16.6 Å². The molecule has 0 saturated heterocycles. The van der Waals surface area contributed by atoms with Gasteiger partial charge in [-0.2, -0.15) is 5.10 Å². The zero-order valence-corrected chi connectivity index (χ0v) is 11.2. The quantitative estimate of drug-likeness (QED) is 0.530. The van der Waals surface area contributed by atoms with Crippen molar-refractivity contribution in [3.8, 4) is 0 Å². The van der Waals surface area contributed by atoms with Gasteiger partial charge in [0.1, 0.15) is 5.69 Å². The Labute approximate surface area is 119 Å². The van der Waals surface area contributed by atoms with E-state index < -0.39 is 11.8 Å². The number of aromatic nitrogens is 2. The summed E-state index contributed by atoms with van der Waals surface area (Å²) in [7, 11) is 1.63. The van der Waals surface area contributed by atoms with Crippen molar-refractivity contribution in [2.45, 2.75) is 0 Å². The molecule has 0 saturated carbocycles. The Hall–Kier alpha value is -2.68. The van der Waals surface area contributed by atoms with E-state index in [2.05, 4.69) is 21.3 Å². The van der Waals surface area contributed by atoms with E-state index in [1.807, 2.05) is 0 Å². The minimum atomic E-state index is -0.512. The lowest BCUT2D eigenvalue weighted by Gasteiger charge is -2.09. The maximum Gasteiger partial charge on any atom is 0.293 e. The van der Waals surface area contributed by atoms with Crippen LogP contribution in [0.3, 0.4) is 0 Å². The van der Waals surface area contributed by atoms with E-state index in [-0.39, 0.29) is 10.9 Å². The van der Waals surface area contributed by atoms with Gasteiger partial charge in [0.2, 0.25) is 0 Å². The van der Waals surface area contributed by atoms with Gasteiger partial charge in [0.05, 0.1) is 6.26 Å². The molecule has 104 valence electrons. The van der Waals surface area contributed by atoms with Gasteiger partial charge in [0, 0.05) is 13.2 Å². The predicted molar refractivity (Wildman–Crippen MR) is 72.6 cm³/mol. The lowest BCUT2D eigenvalue weighted by molar-refractivity contribution is 0.0921. The number of furan rings is 1. The molecule has 0 bridgehead atoms. The number of nitrogens with one attached hydrogen (secondary N) is 3. The van der Waals surface area contributed by atoms with Crippen molar-refractivity contribution in [1.82, 2.24) is 25.9 Å². The van der Waals surface area contributed by atoms with Crippen molar-refractivity contribution < 1.29 is 14.0 Å². The first-order valence-corrected chi connectivity index (χ1v) is 5.92. The van der Waals surface area contributed by atoms with Gasteiger partial charge in [-0.25, -0.2) is 0 Å². The summed E-state index contributed by atoms with van der Waals surface area (Å²) >= 11 is 4.86. The summed E-state index contributed by atoms with van der Waals surface area (Å²) in [6.07, 6.45) is 2.86. The molecule has 0 unspecified atom stereocenters. The minimum absolute atomic E-state index is 0.0538. The first-order chi connectivity index (χ1) is 9.58. The molecule has 0 aliphatic heterocycles. The number of hydrazine groups is 1. The largest absolute Gasteiger partial charge is 0.459 e. The van der Waals surface area contributed by atoms with E-state index in [1.165, 1.54) is 23.2 Å². The van der Waals surface area contributed by atoms with Gasteiger partial charge >= 0.3 is 0 Å². The molecule has 2 aromatic heterocycles. The Kier molecular flexibility index (Phi) is 4.11. The van der Waals surface area contributed by atoms with Crippen molar-refractivity contribution in [3.63, 3.8) is 0 Å². The van der Waals surface area contributed by atoms with E-state index in [0.717, 1.165) is 0 Å². The van der Waals surface area contributed by atoms with Gasteiger partial charge in [-0.05, 0) is 30.4 Å². The highest BCUT2D eigenvalue weighted by molar-refractivity contribution is 7.80. The highest BCUT2D eigenvalue weighted by atomic mass is 32.1. The number of carbonyl (C=O) groups is 2. The molecule has 8 nitrogen and oxygen atoms in total. The Morgan fingerprint density at radius 3 is 2.70 bits per heavy atom. The number of aryl methyl sites for hydroxylation is 1. The van der Waals surface area contributed by atoms with Gasteiger partial charge in [-0.1, -0.05) is 0 Å². The maximum atomic E-state index is 11.7. The summed E-state index contributed by atoms with van der Waals surface area (Å²) in [6.45, 7) is 0. The summed E-state index contributed by atoms with van der Waals surface area (Å²) in [5.74, 6) is -0.825. The number of thiocarbonyl (C=S) groups is 1. The van der Waals surface area contributed by atoms with Gasteiger partial charge in [0.25, 0.3) is 11.8 Å². The van der Waals surface area contributed by atoms with Gasteiger partial charge in [-0.15, -0.1) is 0 Å². The smallest absolute Gasteiger partial charge is 0.293 e. The molecule has 0 aliphatic carbocycles. The lowest BCUT2D eigenvalue weighted by atomic mass is 10.4. The monoisotopic (exact) mass is 293 g/mol. The molecule has 0 aliphatic rings. The van der Waals surface area contributed by atoms with Crippen LogP contribution in [0, 0.1) is 0 Å². The van der Waals surface area contributed by atoms with Crippen LogP contribution in [0.4, 0.5) is 0 Å². The standard InChI is InChI=1S/C11H11N5O3S/c1-16-7(4-5-12-16)9(17)14-15-11(20)13-10(18)8-3-2-6-19-8/h2-6H,1H3,(H,14,17)(H2,13,15,18,20). The average molecular weight is 293 g/mol. The Morgan fingerprint density at radius 1 is 1.30 bits per heavy atom. The molecule has 0 spiro atoms. The second kappa shape index (κ2) is 5.97. The van der Waals surface area contributed by atoms with E-state index in [0.29, 0.717) is 5.69 Å². The Bertz CT molecular complexity index is 634. The van der Waals surface area contributed by atoms with Crippen molar-refractivity contribution in [3.05, 3.63) is 42.1 Å². The van der Waals surface area contributed by atoms with Gasteiger partial charge in [-0.3, -0.25) is 30.4 Å². The number of amides is 2. The van der Waals surface area contributed by atoms with Crippen molar-refractivity contribution in [2.24, 2.45) is 7.05 Å². The first-order valence-electron chi connectivity index (χ1n) is 5.51. The van der Waals surface area contributed by atoms with Crippen LogP contribution >= 0.6 is 12.2 Å². The molecule has 0 radical (unpaired) electrons. The molecule has 2 rings (SSSR count). The summed E-state index contributed by atoms with van der Waals surface area (Å²) in [4.78, 5) is 23.3. The summed E-state index contributed by atoms with van der Waals surface area (Å²) < 4.78 is 6.30. The SMILES string of the molecule is Cn1nccc1C(=O)NNC(=S)NC(=O)c1ccco1. The zero-order chi connectivity index (χ0) is 14.5. The number of nitrogens with zero attached hydrogens (tertiary/aromatic N) is 2. The average Bonchev–Trinajstić information content (AvgIpc) is 3.06. The predicted octanol–water partition coefficient (Wildman–Crippen LogP) is -0.0376. The van der Waals surface area contributed by atoms with Crippen LogP contribution in [0.15, 0.2) is 35.1 Å². The summed E-state index contributed by atoms with van der Waals surface area (Å²) in [6, 6.07) is 4.61. The fraction of sp³-hybridized carbons (Fsp3) is 0.0909. The van der Waals surface area contributed by atoms with Crippen LogP contribution in [-0.2, 0) is 7.05 Å². The highest BCUT2D eigenvalue weighted by Crippen LogP contribution is 1.98. The van der Waals surface area contributed by atoms with Crippen LogP contribution in [0.5, 0.6) is 0 Å². The molecular weight excluding hydrogens is 282 g/mol. The number of carbonyl (C=O) groups excluding carboxylic acids is 2. The third-order valence-electron chi connectivity index (χ3n) is 2.32. The second-order valence-corrected chi connectivity index (χ2v) is 4.09. The van der Waals surface area contributed by atoms with Crippen LogP contribution in [0.25, 0.3) is 0 Å². The highest BCUT2D eigenvalue weighted by Gasteiger charge is 2.12. The van der Waals surface area contributed by atoms with E-state index in [1.54, 1.807) is 19.2 Å². The molecule has 2 heterocycles. The molecule has 3 N–H and O–H groups in total. The number of rotatable bonds is 2. The number of hydrogen-bond acceptors (Lipinski definition) is 5. The normalized spacial score (nSPS) is 9.85. The van der Waals surface area contributed by atoms with Crippen LogP contribution in [-0.4, -0.2) is 26.7 Å². The van der Waals surface area contributed by atoms with E-state index >= 15 is 0 Å². The summed E-state index contributed by atoms with van der Waals surface area (Å²) in [5.41, 5.74) is 5.09. The topological polar surface area (TPSA) is 101 Å². The lowest BCUT2D eigenvalue weighted by Crippen LogP contribution is -2.48. The zero-order valence-electron chi connectivity index (χ0n) is 10.4. The molecule has 20 heavy (non-hydrogen) atoms. The molecule has 0 atom stereocenters. The van der Waals surface area contributed by atoms with Crippen LogP contribution in [0.2, 0.25) is 0 Å². The van der Waals surface area contributed by atoms with Crippen LogP contribution in [0.1, 0.15) is 21.0 Å². The van der Waals surface area contributed by atoms with Crippen LogP contribution < -0.4 is 16.2 Å². The molecule has 0 aromatic carbocycles. The molecule has 2 aromatic rings. The van der Waals surface area contributed by atoms with Gasteiger partial charge < -0.3 is 4.42 Å². The summed E-state index contributed by atoms with van der Waals surface area (Å²) in [5, 5.41) is 6.15. The van der Waals surface area contributed by atoms with Crippen molar-refractivity contribution in [2.75, 3.05) is 0 Å². The fourth-order valence-electron chi connectivity index (χ4n) is 1.38. The van der Waals surface area contributed by atoms with Gasteiger partial charge in [0.15, 0.2) is 10.9 Å². The molecule has 0 fully saturated rings. The second-order valence-electron chi connectivity index (χ2n) is 3.68. The molecule has 2 amide bonds. The molecular formula is C11H11N5O3S. The maximum absolute atomic E-state index is 11.7. The van der Waals surface area contributed by atoms with E-state index in [9.17, 15) is 9.59 Å². The third-order valence-corrected chi connectivity index (χ3v) is 2.52. The first kappa shape index (κ1) is 13.7. The van der Waals surface area contributed by atoms with Crippen molar-refractivity contribution >= 4 is 29.1 Å².